The molecule has 23 heavy (non-hydrogen) atoms. The lowest BCUT2D eigenvalue weighted by atomic mass is 10.0. The molecule has 0 heterocycles. The highest BCUT2D eigenvalue weighted by molar-refractivity contribution is 7.86. The fourth-order valence-corrected chi connectivity index (χ4v) is 3.71. The highest BCUT2D eigenvalue weighted by Gasteiger charge is 2.28. The molecule has 0 saturated heterocycles. The maximum atomic E-state index is 12.5. The lowest BCUT2D eigenvalue weighted by molar-refractivity contribution is 0.0508. The first-order valence-electron chi connectivity index (χ1n) is 7.18. The van der Waals surface area contributed by atoms with Crippen LogP contribution in [0, 0.1) is 13.8 Å². The van der Waals surface area contributed by atoms with Gasteiger partial charge in [0.15, 0.2) is 0 Å². The van der Waals surface area contributed by atoms with Crippen molar-refractivity contribution in [3.8, 4) is 0 Å². The minimum absolute atomic E-state index is 0.0570. The first-order chi connectivity index (χ1) is 10.7. The SMILES string of the molecule is Cc1ccc(S(=O)(=O)OC(c2ccc(C)cc2S)C(C)O)cc1. The minimum Gasteiger partial charge on any atom is -0.390 e. The van der Waals surface area contributed by atoms with E-state index in [1.165, 1.54) is 19.1 Å². The lowest BCUT2D eigenvalue weighted by Gasteiger charge is -2.22. The molecular weight excluding hydrogens is 332 g/mol. The van der Waals surface area contributed by atoms with Gasteiger partial charge in [-0.05, 0) is 44.5 Å². The number of aliphatic hydroxyl groups is 1. The summed E-state index contributed by atoms with van der Waals surface area (Å²) in [4.78, 5) is 0.636. The number of aryl methyl sites for hydroxylation is 2. The van der Waals surface area contributed by atoms with Gasteiger partial charge in [0, 0.05) is 4.90 Å². The van der Waals surface area contributed by atoms with Crippen LogP contribution < -0.4 is 0 Å². The van der Waals surface area contributed by atoms with E-state index in [-0.39, 0.29) is 4.90 Å². The Kier molecular flexibility index (Phi) is 5.52. The van der Waals surface area contributed by atoms with E-state index >= 15 is 0 Å². The highest BCUT2D eigenvalue weighted by atomic mass is 32.2. The molecule has 0 saturated carbocycles. The van der Waals surface area contributed by atoms with Crippen LogP contribution in [0.2, 0.25) is 0 Å². The first-order valence-corrected chi connectivity index (χ1v) is 9.04. The van der Waals surface area contributed by atoms with Crippen LogP contribution in [-0.4, -0.2) is 19.6 Å². The summed E-state index contributed by atoms with van der Waals surface area (Å²) in [6, 6.07) is 11.7. The maximum absolute atomic E-state index is 12.5. The summed E-state index contributed by atoms with van der Waals surface area (Å²) in [6.07, 6.45) is -2.03. The Labute approximate surface area is 142 Å². The molecule has 0 fully saturated rings. The van der Waals surface area contributed by atoms with Crippen LogP contribution in [0.25, 0.3) is 0 Å². The molecule has 0 bridgehead atoms. The van der Waals surface area contributed by atoms with Crippen molar-refractivity contribution in [3.05, 3.63) is 59.2 Å². The third-order valence-corrected chi connectivity index (χ3v) is 5.17. The minimum atomic E-state index is -3.99. The van der Waals surface area contributed by atoms with Crippen LogP contribution in [0.4, 0.5) is 0 Å². The Morgan fingerprint density at radius 1 is 1.04 bits per heavy atom. The van der Waals surface area contributed by atoms with Crippen molar-refractivity contribution in [2.45, 2.75) is 42.8 Å². The molecule has 1 N–H and O–H groups in total. The van der Waals surface area contributed by atoms with Gasteiger partial charge in [-0.2, -0.15) is 8.42 Å². The number of hydrogen-bond acceptors (Lipinski definition) is 5. The van der Waals surface area contributed by atoms with Gasteiger partial charge in [-0.25, -0.2) is 0 Å². The third kappa shape index (κ3) is 4.35. The molecule has 124 valence electrons. The van der Waals surface area contributed by atoms with Gasteiger partial charge in [0.2, 0.25) is 0 Å². The van der Waals surface area contributed by atoms with Crippen LogP contribution >= 0.6 is 12.6 Å². The number of aliphatic hydroxyl groups excluding tert-OH is 1. The van der Waals surface area contributed by atoms with E-state index in [1.54, 1.807) is 24.3 Å². The molecule has 0 spiro atoms. The Bertz CT molecular complexity index is 781. The van der Waals surface area contributed by atoms with Crippen molar-refractivity contribution in [3.63, 3.8) is 0 Å². The van der Waals surface area contributed by atoms with E-state index in [4.69, 9.17) is 4.18 Å². The summed E-state index contributed by atoms with van der Waals surface area (Å²) in [5.41, 5.74) is 2.47. The summed E-state index contributed by atoms with van der Waals surface area (Å²) in [6.45, 7) is 5.27. The van der Waals surface area contributed by atoms with Crippen LogP contribution in [0.1, 0.15) is 29.7 Å². The van der Waals surface area contributed by atoms with E-state index in [0.29, 0.717) is 10.5 Å². The first kappa shape index (κ1) is 18.0. The van der Waals surface area contributed by atoms with Crippen molar-refractivity contribution in [1.29, 1.82) is 0 Å². The molecule has 4 nitrogen and oxygen atoms in total. The Morgan fingerprint density at radius 3 is 2.13 bits per heavy atom. The second-order valence-corrected chi connectivity index (χ2v) is 7.64. The van der Waals surface area contributed by atoms with E-state index in [1.807, 2.05) is 19.9 Å². The Balaban J connectivity index is 2.37. The lowest BCUT2D eigenvalue weighted by Crippen LogP contribution is -2.22. The third-order valence-electron chi connectivity index (χ3n) is 3.47. The van der Waals surface area contributed by atoms with Crippen molar-refractivity contribution in [1.82, 2.24) is 0 Å². The van der Waals surface area contributed by atoms with Crippen molar-refractivity contribution in [2.75, 3.05) is 0 Å². The van der Waals surface area contributed by atoms with Gasteiger partial charge in [-0.1, -0.05) is 35.4 Å². The van der Waals surface area contributed by atoms with Gasteiger partial charge in [0.1, 0.15) is 6.10 Å². The van der Waals surface area contributed by atoms with Gasteiger partial charge in [0.05, 0.1) is 11.0 Å². The molecule has 0 aliphatic rings. The summed E-state index contributed by atoms with van der Waals surface area (Å²) in [5, 5.41) is 9.99. The van der Waals surface area contributed by atoms with Crippen LogP contribution in [0.15, 0.2) is 52.3 Å². The number of benzene rings is 2. The molecule has 0 amide bonds. The zero-order chi connectivity index (χ0) is 17.2. The fourth-order valence-electron chi connectivity index (χ4n) is 2.18. The second-order valence-electron chi connectivity index (χ2n) is 5.59. The highest BCUT2D eigenvalue weighted by Crippen LogP contribution is 2.31. The van der Waals surface area contributed by atoms with Crippen LogP contribution in [0.5, 0.6) is 0 Å². The standard InChI is InChI=1S/C17H20O4S2/c1-11-4-7-14(8-5-11)23(19,20)21-17(13(3)18)15-9-6-12(2)10-16(15)22/h4-10,13,17-18,22H,1-3H3. The normalized spacial score (nSPS) is 14.5. The zero-order valence-corrected chi connectivity index (χ0v) is 14.9. The van der Waals surface area contributed by atoms with Crippen molar-refractivity contribution < 1.29 is 17.7 Å². The molecule has 2 rings (SSSR count). The monoisotopic (exact) mass is 352 g/mol. The topological polar surface area (TPSA) is 63.6 Å². The van der Waals surface area contributed by atoms with Crippen LogP contribution in [-0.2, 0) is 14.3 Å². The zero-order valence-electron chi connectivity index (χ0n) is 13.2. The van der Waals surface area contributed by atoms with E-state index < -0.39 is 22.3 Å². The van der Waals surface area contributed by atoms with E-state index in [0.717, 1.165) is 11.1 Å². The predicted octanol–water partition coefficient (Wildman–Crippen LogP) is 3.42. The summed E-state index contributed by atoms with van der Waals surface area (Å²) >= 11 is 4.37. The molecule has 6 heteroatoms. The molecule has 0 aromatic heterocycles. The van der Waals surface area contributed by atoms with Crippen molar-refractivity contribution in [2.24, 2.45) is 0 Å². The van der Waals surface area contributed by atoms with E-state index in [9.17, 15) is 13.5 Å². The average molecular weight is 352 g/mol. The molecule has 2 aromatic carbocycles. The molecular formula is C17H20O4S2. The molecule has 0 aliphatic carbocycles. The molecule has 2 aromatic rings. The summed E-state index contributed by atoms with van der Waals surface area (Å²) < 4.78 is 30.2. The predicted molar refractivity (Wildman–Crippen MR) is 92.3 cm³/mol. The van der Waals surface area contributed by atoms with Crippen molar-refractivity contribution >= 4 is 22.7 Å². The van der Waals surface area contributed by atoms with Gasteiger partial charge < -0.3 is 5.11 Å². The summed E-state index contributed by atoms with van der Waals surface area (Å²) in [5.74, 6) is 0. The molecule has 2 unspecified atom stereocenters. The second kappa shape index (κ2) is 7.05. The van der Waals surface area contributed by atoms with Gasteiger partial charge in [-0.3, -0.25) is 4.18 Å². The quantitative estimate of drug-likeness (QED) is 0.639. The van der Waals surface area contributed by atoms with Gasteiger partial charge >= 0.3 is 0 Å². The largest absolute Gasteiger partial charge is 0.390 e. The Hall–Kier alpha value is -1.34. The van der Waals surface area contributed by atoms with Crippen LogP contribution in [0.3, 0.4) is 0 Å². The number of hydrogen-bond donors (Lipinski definition) is 2. The fraction of sp³-hybridized carbons (Fsp3) is 0.294. The molecule has 2 atom stereocenters. The summed E-state index contributed by atoms with van der Waals surface area (Å²) in [7, 11) is -3.99. The smallest absolute Gasteiger partial charge is 0.297 e. The molecule has 0 radical (unpaired) electrons. The molecule has 0 aliphatic heterocycles. The maximum Gasteiger partial charge on any atom is 0.297 e. The van der Waals surface area contributed by atoms with E-state index in [2.05, 4.69) is 12.6 Å². The number of rotatable bonds is 5. The average Bonchev–Trinajstić information content (AvgIpc) is 2.45. The van der Waals surface area contributed by atoms with Gasteiger partial charge in [-0.15, -0.1) is 12.6 Å². The number of thiol groups is 1. The Morgan fingerprint density at radius 2 is 1.61 bits per heavy atom. The van der Waals surface area contributed by atoms with Gasteiger partial charge in [0.25, 0.3) is 10.1 Å².